The van der Waals surface area contributed by atoms with Crippen LogP contribution in [-0.4, -0.2) is 19.0 Å². The summed E-state index contributed by atoms with van der Waals surface area (Å²) in [5.41, 5.74) is 1.06. The quantitative estimate of drug-likeness (QED) is 0.683. The average molecular weight is 283 g/mol. The second-order valence-electron chi connectivity index (χ2n) is 4.61. The fourth-order valence-corrected chi connectivity index (χ4v) is 1.84. The fraction of sp³-hybridized carbons (Fsp3) is 0.533. The van der Waals surface area contributed by atoms with Gasteiger partial charge in [0.05, 0.1) is 0 Å². The third kappa shape index (κ3) is 7.85. The third-order valence-electron chi connectivity index (χ3n) is 2.89. The van der Waals surface area contributed by atoms with Crippen LogP contribution in [0.25, 0.3) is 0 Å². The number of rotatable bonds is 9. The topological polar surface area (TPSA) is 41.1 Å². The summed E-state index contributed by atoms with van der Waals surface area (Å²) in [6.07, 6.45) is 4.18. The molecule has 1 amide bonds. The molecule has 1 aromatic carbocycles. The molecule has 4 heteroatoms. The molecule has 0 unspecified atom stereocenters. The molecule has 106 valence electrons. The van der Waals surface area contributed by atoms with Crippen molar-refractivity contribution in [2.45, 2.75) is 39.2 Å². The largest absolute Gasteiger partial charge is 0.352 e. The molecule has 0 aliphatic heterocycles. The predicted octanol–water partition coefficient (Wildman–Crippen LogP) is 3.13. The second-order valence-corrected chi connectivity index (χ2v) is 5.05. The van der Waals surface area contributed by atoms with Crippen molar-refractivity contribution >= 4 is 17.5 Å². The lowest BCUT2D eigenvalue weighted by Gasteiger charge is -2.06. The van der Waals surface area contributed by atoms with Crippen LogP contribution in [0, 0.1) is 0 Å². The van der Waals surface area contributed by atoms with Crippen molar-refractivity contribution in [3.63, 3.8) is 0 Å². The highest BCUT2D eigenvalue weighted by Crippen LogP contribution is 2.09. The normalized spacial score (nSPS) is 10.4. The summed E-state index contributed by atoms with van der Waals surface area (Å²) in [5.74, 6) is 0.0814. The first kappa shape index (κ1) is 16.0. The van der Waals surface area contributed by atoms with Gasteiger partial charge in [0.2, 0.25) is 5.91 Å². The second kappa shape index (κ2) is 9.82. The van der Waals surface area contributed by atoms with Gasteiger partial charge in [-0.3, -0.25) is 4.79 Å². The van der Waals surface area contributed by atoms with Gasteiger partial charge in [-0.2, -0.15) is 0 Å². The van der Waals surface area contributed by atoms with E-state index in [1.165, 1.54) is 19.3 Å². The predicted molar refractivity (Wildman–Crippen MR) is 80.3 cm³/mol. The molecule has 3 nitrogen and oxygen atoms in total. The summed E-state index contributed by atoms with van der Waals surface area (Å²) >= 11 is 5.80. The first-order valence-corrected chi connectivity index (χ1v) is 7.32. The van der Waals surface area contributed by atoms with Crippen molar-refractivity contribution in [1.29, 1.82) is 0 Å². The molecule has 2 N–H and O–H groups in total. The summed E-state index contributed by atoms with van der Waals surface area (Å²) in [4.78, 5) is 11.6. The molecule has 0 radical (unpaired) electrons. The van der Waals surface area contributed by atoms with Gasteiger partial charge >= 0.3 is 0 Å². The Balaban J connectivity index is 2.06. The molecule has 19 heavy (non-hydrogen) atoms. The van der Waals surface area contributed by atoms with Crippen molar-refractivity contribution in [2.75, 3.05) is 13.1 Å². The van der Waals surface area contributed by atoms with Gasteiger partial charge in [-0.1, -0.05) is 43.5 Å². The van der Waals surface area contributed by atoms with Crippen LogP contribution in [0.15, 0.2) is 24.3 Å². The van der Waals surface area contributed by atoms with E-state index in [1.807, 2.05) is 24.3 Å². The Bertz CT molecular complexity index is 365. The molecule has 0 heterocycles. The molecular formula is C15H23ClN2O. The molecule has 0 saturated heterocycles. The van der Waals surface area contributed by atoms with Gasteiger partial charge in [-0.05, 0) is 30.7 Å². The van der Waals surface area contributed by atoms with Gasteiger partial charge in [0.25, 0.3) is 0 Å². The Morgan fingerprint density at radius 3 is 2.58 bits per heavy atom. The number of carbonyl (C=O) groups is 1. The van der Waals surface area contributed by atoms with Gasteiger partial charge in [0, 0.05) is 24.5 Å². The zero-order valence-electron chi connectivity index (χ0n) is 11.5. The van der Waals surface area contributed by atoms with Crippen LogP contribution in [0.1, 0.15) is 38.2 Å². The van der Waals surface area contributed by atoms with E-state index in [1.54, 1.807) is 0 Å². The first-order chi connectivity index (χ1) is 9.22. The molecule has 0 atom stereocenters. The Hall–Kier alpha value is -1.06. The molecule has 0 fully saturated rings. The standard InChI is InChI=1S/C15H23ClN2O/c1-2-3-4-10-17-11-9-15(19)18-12-13-5-7-14(16)8-6-13/h5-8,17H,2-4,9-12H2,1H3,(H,18,19). The lowest BCUT2D eigenvalue weighted by atomic mass is 10.2. The fourth-order valence-electron chi connectivity index (χ4n) is 1.72. The van der Waals surface area contributed by atoms with Gasteiger partial charge < -0.3 is 10.6 Å². The maximum atomic E-state index is 11.6. The third-order valence-corrected chi connectivity index (χ3v) is 3.14. The maximum Gasteiger partial charge on any atom is 0.221 e. The lowest BCUT2D eigenvalue weighted by molar-refractivity contribution is -0.121. The van der Waals surface area contributed by atoms with E-state index in [-0.39, 0.29) is 5.91 Å². The van der Waals surface area contributed by atoms with E-state index in [0.29, 0.717) is 18.0 Å². The van der Waals surface area contributed by atoms with Gasteiger partial charge in [-0.25, -0.2) is 0 Å². The zero-order valence-corrected chi connectivity index (χ0v) is 12.3. The monoisotopic (exact) mass is 282 g/mol. The highest BCUT2D eigenvalue weighted by Gasteiger charge is 2.00. The van der Waals surface area contributed by atoms with Crippen LogP contribution in [0.5, 0.6) is 0 Å². The number of hydrogen-bond donors (Lipinski definition) is 2. The molecule has 1 rings (SSSR count). The highest BCUT2D eigenvalue weighted by atomic mass is 35.5. The van der Waals surface area contributed by atoms with Crippen molar-refractivity contribution in [2.24, 2.45) is 0 Å². The minimum absolute atomic E-state index is 0.0814. The molecule has 0 aliphatic rings. The maximum absolute atomic E-state index is 11.6. The Kier molecular flexibility index (Phi) is 8.26. The van der Waals surface area contributed by atoms with Crippen LogP contribution < -0.4 is 10.6 Å². The summed E-state index contributed by atoms with van der Waals surface area (Å²) in [6, 6.07) is 7.51. The molecular weight excluding hydrogens is 260 g/mol. The number of carbonyl (C=O) groups excluding carboxylic acids is 1. The number of unbranched alkanes of at least 4 members (excludes halogenated alkanes) is 2. The van der Waals surface area contributed by atoms with Crippen LogP contribution in [-0.2, 0) is 11.3 Å². The summed E-state index contributed by atoms with van der Waals surface area (Å²) in [5, 5.41) is 6.89. The average Bonchev–Trinajstić information content (AvgIpc) is 2.42. The van der Waals surface area contributed by atoms with E-state index in [0.717, 1.165) is 18.7 Å². The lowest BCUT2D eigenvalue weighted by Crippen LogP contribution is -2.27. The summed E-state index contributed by atoms with van der Waals surface area (Å²) in [7, 11) is 0. The first-order valence-electron chi connectivity index (χ1n) is 6.94. The molecule has 1 aromatic rings. The SMILES string of the molecule is CCCCCNCCC(=O)NCc1ccc(Cl)cc1. The Labute approximate surface area is 120 Å². The number of hydrogen-bond acceptors (Lipinski definition) is 2. The van der Waals surface area contributed by atoms with Crippen molar-refractivity contribution < 1.29 is 4.79 Å². The van der Waals surface area contributed by atoms with E-state index in [4.69, 9.17) is 11.6 Å². The zero-order chi connectivity index (χ0) is 13.9. The van der Waals surface area contributed by atoms with E-state index >= 15 is 0 Å². The highest BCUT2D eigenvalue weighted by molar-refractivity contribution is 6.30. The smallest absolute Gasteiger partial charge is 0.221 e. The van der Waals surface area contributed by atoms with Gasteiger partial charge in [0.15, 0.2) is 0 Å². The number of amides is 1. The summed E-state index contributed by atoms with van der Waals surface area (Å²) < 4.78 is 0. The number of nitrogens with one attached hydrogen (secondary N) is 2. The summed E-state index contributed by atoms with van der Waals surface area (Å²) in [6.45, 7) is 4.49. The van der Waals surface area contributed by atoms with E-state index in [2.05, 4.69) is 17.6 Å². The Morgan fingerprint density at radius 2 is 1.89 bits per heavy atom. The molecule has 0 bridgehead atoms. The molecule has 0 aliphatic carbocycles. The number of halogens is 1. The van der Waals surface area contributed by atoms with Crippen molar-refractivity contribution in [1.82, 2.24) is 10.6 Å². The van der Waals surface area contributed by atoms with Gasteiger partial charge in [-0.15, -0.1) is 0 Å². The number of benzene rings is 1. The van der Waals surface area contributed by atoms with E-state index < -0.39 is 0 Å². The van der Waals surface area contributed by atoms with Crippen LogP contribution in [0.2, 0.25) is 5.02 Å². The Morgan fingerprint density at radius 1 is 1.16 bits per heavy atom. The van der Waals surface area contributed by atoms with Crippen LogP contribution >= 0.6 is 11.6 Å². The molecule has 0 saturated carbocycles. The van der Waals surface area contributed by atoms with Gasteiger partial charge in [0.1, 0.15) is 0 Å². The molecule has 0 spiro atoms. The minimum Gasteiger partial charge on any atom is -0.352 e. The van der Waals surface area contributed by atoms with E-state index in [9.17, 15) is 4.79 Å². The van der Waals surface area contributed by atoms with Crippen molar-refractivity contribution in [3.05, 3.63) is 34.9 Å². The minimum atomic E-state index is 0.0814. The van der Waals surface area contributed by atoms with Crippen LogP contribution in [0.3, 0.4) is 0 Å². The van der Waals surface area contributed by atoms with Crippen molar-refractivity contribution in [3.8, 4) is 0 Å². The van der Waals surface area contributed by atoms with Crippen LogP contribution in [0.4, 0.5) is 0 Å². The molecule has 0 aromatic heterocycles.